The Kier molecular flexibility index (Phi) is 4.39. The van der Waals surface area contributed by atoms with Gasteiger partial charge in [0.2, 0.25) is 0 Å². The standard InChI is InChI=1S/C14H17NO4/c1-18-13(16)11-3-2-4-12(9-11)15-14(17)19-8-7-10-5-6-10/h2-4,9-10H,5-8H2,1H3,(H,15,17). The number of amides is 1. The SMILES string of the molecule is COC(=O)c1cccc(NC(=O)OCCC2CC2)c1. The molecule has 1 aliphatic rings. The minimum Gasteiger partial charge on any atom is -0.465 e. The molecule has 0 radical (unpaired) electrons. The topological polar surface area (TPSA) is 64.6 Å². The molecular weight excluding hydrogens is 246 g/mol. The molecule has 5 nitrogen and oxygen atoms in total. The maximum atomic E-state index is 11.5. The Bertz CT molecular complexity index is 468. The zero-order chi connectivity index (χ0) is 13.7. The third-order valence-corrected chi connectivity index (χ3v) is 2.99. The molecule has 0 bridgehead atoms. The fourth-order valence-electron chi connectivity index (χ4n) is 1.72. The number of hydrogen-bond donors (Lipinski definition) is 1. The van der Waals surface area contributed by atoms with Crippen LogP contribution in [0.25, 0.3) is 0 Å². The Morgan fingerprint density at radius 2 is 2.16 bits per heavy atom. The predicted octanol–water partition coefficient (Wildman–Crippen LogP) is 2.82. The molecule has 0 unspecified atom stereocenters. The van der Waals surface area contributed by atoms with Crippen molar-refractivity contribution in [1.29, 1.82) is 0 Å². The molecule has 1 fully saturated rings. The maximum absolute atomic E-state index is 11.5. The number of hydrogen-bond acceptors (Lipinski definition) is 4. The lowest BCUT2D eigenvalue weighted by Gasteiger charge is -2.07. The Hall–Kier alpha value is -2.04. The van der Waals surface area contributed by atoms with Crippen LogP contribution in [0, 0.1) is 5.92 Å². The summed E-state index contributed by atoms with van der Waals surface area (Å²) < 4.78 is 9.67. The summed E-state index contributed by atoms with van der Waals surface area (Å²) in [6.07, 6.45) is 2.91. The zero-order valence-corrected chi connectivity index (χ0v) is 10.8. The summed E-state index contributed by atoms with van der Waals surface area (Å²) in [4.78, 5) is 22.9. The first-order valence-electron chi connectivity index (χ1n) is 6.31. The average Bonchev–Trinajstić information content (AvgIpc) is 3.22. The summed E-state index contributed by atoms with van der Waals surface area (Å²) in [5.74, 6) is 0.293. The van der Waals surface area contributed by atoms with Crippen molar-refractivity contribution < 1.29 is 19.1 Å². The van der Waals surface area contributed by atoms with Gasteiger partial charge in [-0.05, 0) is 30.5 Å². The van der Waals surface area contributed by atoms with Gasteiger partial charge in [0.05, 0.1) is 19.3 Å². The van der Waals surface area contributed by atoms with E-state index in [1.165, 1.54) is 20.0 Å². The van der Waals surface area contributed by atoms with Crippen molar-refractivity contribution in [3.8, 4) is 0 Å². The van der Waals surface area contributed by atoms with Gasteiger partial charge in [-0.3, -0.25) is 5.32 Å². The third kappa shape index (κ3) is 4.28. The maximum Gasteiger partial charge on any atom is 0.411 e. The second kappa shape index (κ2) is 6.22. The number of esters is 1. The van der Waals surface area contributed by atoms with E-state index in [-0.39, 0.29) is 0 Å². The van der Waals surface area contributed by atoms with Gasteiger partial charge in [-0.25, -0.2) is 9.59 Å². The molecule has 0 atom stereocenters. The van der Waals surface area contributed by atoms with E-state index in [9.17, 15) is 9.59 Å². The summed E-state index contributed by atoms with van der Waals surface area (Å²) in [5.41, 5.74) is 0.901. The fraction of sp³-hybridized carbons (Fsp3) is 0.429. The predicted molar refractivity (Wildman–Crippen MR) is 70.1 cm³/mol. The molecular formula is C14H17NO4. The van der Waals surface area contributed by atoms with Crippen LogP contribution in [0.4, 0.5) is 10.5 Å². The van der Waals surface area contributed by atoms with E-state index in [4.69, 9.17) is 4.74 Å². The molecule has 0 heterocycles. The number of anilines is 1. The molecule has 102 valence electrons. The summed E-state index contributed by atoms with van der Waals surface area (Å²) >= 11 is 0. The molecule has 1 aliphatic carbocycles. The van der Waals surface area contributed by atoms with E-state index >= 15 is 0 Å². The quantitative estimate of drug-likeness (QED) is 0.830. The first-order chi connectivity index (χ1) is 9.19. The number of ether oxygens (including phenoxy) is 2. The van der Waals surface area contributed by atoms with Crippen molar-refractivity contribution in [2.45, 2.75) is 19.3 Å². The number of methoxy groups -OCH3 is 1. The normalized spacial score (nSPS) is 13.7. The van der Waals surface area contributed by atoms with Crippen LogP contribution in [0.1, 0.15) is 29.6 Å². The van der Waals surface area contributed by atoms with Crippen molar-refractivity contribution in [2.24, 2.45) is 5.92 Å². The van der Waals surface area contributed by atoms with Gasteiger partial charge in [0.15, 0.2) is 0 Å². The van der Waals surface area contributed by atoms with E-state index in [0.29, 0.717) is 17.9 Å². The Morgan fingerprint density at radius 3 is 2.84 bits per heavy atom. The van der Waals surface area contributed by atoms with Crippen molar-refractivity contribution in [3.63, 3.8) is 0 Å². The minimum atomic E-state index is -0.498. The van der Waals surface area contributed by atoms with Crippen LogP contribution in [-0.4, -0.2) is 25.8 Å². The third-order valence-electron chi connectivity index (χ3n) is 2.99. The van der Waals surface area contributed by atoms with Gasteiger partial charge in [-0.15, -0.1) is 0 Å². The summed E-state index contributed by atoms with van der Waals surface area (Å²) in [7, 11) is 1.31. The first kappa shape index (κ1) is 13.4. The Morgan fingerprint density at radius 1 is 1.37 bits per heavy atom. The van der Waals surface area contributed by atoms with Gasteiger partial charge in [-0.1, -0.05) is 18.9 Å². The van der Waals surface area contributed by atoms with Crippen LogP contribution in [-0.2, 0) is 9.47 Å². The second-order valence-corrected chi connectivity index (χ2v) is 4.57. The summed E-state index contributed by atoms with van der Waals surface area (Å²) in [6, 6.07) is 6.53. The van der Waals surface area contributed by atoms with Gasteiger partial charge in [0.1, 0.15) is 0 Å². The lowest BCUT2D eigenvalue weighted by molar-refractivity contribution is 0.0600. The highest BCUT2D eigenvalue weighted by Crippen LogP contribution is 2.32. The number of benzene rings is 1. The number of nitrogens with one attached hydrogen (secondary N) is 1. The van der Waals surface area contributed by atoms with Crippen LogP contribution >= 0.6 is 0 Å². The average molecular weight is 263 g/mol. The fourth-order valence-corrected chi connectivity index (χ4v) is 1.72. The summed E-state index contributed by atoms with van der Waals surface area (Å²) in [5, 5.41) is 2.59. The van der Waals surface area contributed by atoms with Crippen molar-refractivity contribution in [1.82, 2.24) is 0 Å². The summed E-state index contributed by atoms with van der Waals surface area (Å²) in [6.45, 7) is 0.438. The molecule has 1 N–H and O–H groups in total. The van der Waals surface area contributed by atoms with Crippen LogP contribution in [0.15, 0.2) is 24.3 Å². The highest BCUT2D eigenvalue weighted by atomic mass is 16.5. The van der Waals surface area contributed by atoms with E-state index < -0.39 is 12.1 Å². The lowest BCUT2D eigenvalue weighted by atomic mass is 10.2. The monoisotopic (exact) mass is 263 g/mol. The van der Waals surface area contributed by atoms with Gasteiger partial charge in [-0.2, -0.15) is 0 Å². The largest absolute Gasteiger partial charge is 0.465 e. The smallest absolute Gasteiger partial charge is 0.411 e. The minimum absolute atomic E-state index is 0.387. The van der Waals surface area contributed by atoms with Crippen molar-refractivity contribution in [2.75, 3.05) is 19.0 Å². The molecule has 0 saturated heterocycles. The van der Waals surface area contributed by atoms with E-state index in [1.807, 2.05) is 0 Å². The van der Waals surface area contributed by atoms with Gasteiger partial charge in [0, 0.05) is 5.69 Å². The van der Waals surface area contributed by atoms with Gasteiger partial charge < -0.3 is 9.47 Å². The zero-order valence-electron chi connectivity index (χ0n) is 10.8. The molecule has 0 aliphatic heterocycles. The van der Waals surface area contributed by atoms with Crippen molar-refractivity contribution in [3.05, 3.63) is 29.8 Å². The molecule has 19 heavy (non-hydrogen) atoms. The first-order valence-corrected chi connectivity index (χ1v) is 6.31. The molecule has 1 amide bonds. The Balaban J connectivity index is 1.83. The Labute approximate surface area is 111 Å². The molecule has 5 heteroatoms. The van der Waals surface area contributed by atoms with Crippen molar-refractivity contribution >= 4 is 17.7 Å². The van der Waals surface area contributed by atoms with Crippen LogP contribution < -0.4 is 5.32 Å². The van der Waals surface area contributed by atoms with E-state index in [2.05, 4.69) is 10.1 Å². The molecule has 2 rings (SSSR count). The van der Waals surface area contributed by atoms with Gasteiger partial charge >= 0.3 is 12.1 Å². The molecule has 1 aromatic carbocycles. The molecule has 1 aromatic rings. The number of rotatable bonds is 5. The molecule has 1 saturated carbocycles. The lowest BCUT2D eigenvalue weighted by Crippen LogP contribution is -2.15. The van der Waals surface area contributed by atoms with E-state index in [1.54, 1.807) is 24.3 Å². The van der Waals surface area contributed by atoms with Crippen LogP contribution in [0.5, 0.6) is 0 Å². The second-order valence-electron chi connectivity index (χ2n) is 4.57. The van der Waals surface area contributed by atoms with E-state index in [0.717, 1.165) is 12.3 Å². The van der Waals surface area contributed by atoms with Gasteiger partial charge in [0.25, 0.3) is 0 Å². The van der Waals surface area contributed by atoms with Crippen LogP contribution in [0.3, 0.4) is 0 Å². The highest BCUT2D eigenvalue weighted by molar-refractivity contribution is 5.92. The number of carbonyl (C=O) groups excluding carboxylic acids is 2. The molecule has 0 aromatic heterocycles. The van der Waals surface area contributed by atoms with Crippen LogP contribution in [0.2, 0.25) is 0 Å². The molecule has 0 spiro atoms. The number of carbonyl (C=O) groups is 2. The highest BCUT2D eigenvalue weighted by Gasteiger charge is 2.21.